The molecule has 1 aliphatic rings. The van der Waals surface area contributed by atoms with Crippen LogP contribution in [0, 0.1) is 0 Å². The van der Waals surface area contributed by atoms with Crippen LogP contribution in [0.25, 0.3) is 0 Å². The van der Waals surface area contributed by atoms with Crippen LogP contribution in [0.5, 0.6) is 5.75 Å². The molecule has 0 saturated heterocycles. The molecule has 1 aliphatic heterocycles. The summed E-state index contributed by atoms with van der Waals surface area (Å²) in [5.41, 5.74) is 0. The first-order valence-corrected chi connectivity index (χ1v) is 4.91. The van der Waals surface area contributed by atoms with E-state index in [1.807, 2.05) is 0 Å². The predicted octanol–water partition coefficient (Wildman–Crippen LogP) is 2.81. The van der Waals surface area contributed by atoms with Crippen molar-refractivity contribution < 1.29 is 14.3 Å². The Morgan fingerprint density at radius 1 is 1.33 bits per heavy atom. The molecule has 15 heavy (non-hydrogen) atoms. The first-order valence-electron chi connectivity index (χ1n) is 4.16. The summed E-state index contributed by atoms with van der Waals surface area (Å²) in [5.74, 6) is -0.0596. The lowest BCUT2D eigenvalue weighted by Gasteiger charge is -2.10. The molecule has 0 N–H and O–H groups in total. The molecule has 0 aliphatic carbocycles. The molecule has 0 saturated carbocycles. The van der Waals surface area contributed by atoms with Gasteiger partial charge in [0.15, 0.2) is 0 Å². The highest BCUT2D eigenvalue weighted by Crippen LogP contribution is 2.29. The molecule has 5 heteroatoms. The molecule has 0 bridgehead atoms. The zero-order valence-electron chi connectivity index (χ0n) is 7.44. The van der Waals surface area contributed by atoms with Crippen molar-refractivity contribution in [3.8, 4) is 5.75 Å². The van der Waals surface area contributed by atoms with E-state index in [4.69, 9.17) is 27.9 Å². The van der Waals surface area contributed by atoms with Crippen molar-refractivity contribution in [3.63, 3.8) is 0 Å². The fourth-order valence-corrected chi connectivity index (χ4v) is 1.57. The van der Waals surface area contributed by atoms with Crippen LogP contribution in [-0.2, 0) is 9.53 Å². The molecule has 2 rings (SSSR count). The topological polar surface area (TPSA) is 35.5 Å². The summed E-state index contributed by atoms with van der Waals surface area (Å²) >= 11 is 11.6. The van der Waals surface area contributed by atoms with Crippen molar-refractivity contribution in [3.05, 3.63) is 40.6 Å². The monoisotopic (exact) mass is 244 g/mol. The first kappa shape index (κ1) is 10.3. The van der Waals surface area contributed by atoms with Crippen LogP contribution in [0.1, 0.15) is 0 Å². The molecule has 78 valence electrons. The summed E-state index contributed by atoms with van der Waals surface area (Å²) in [6, 6.07) is 4.78. The molecule has 1 aromatic rings. The van der Waals surface area contributed by atoms with Gasteiger partial charge in [0, 0.05) is 11.1 Å². The largest absolute Gasteiger partial charge is 0.473 e. The average molecular weight is 245 g/mol. The van der Waals surface area contributed by atoms with Crippen LogP contribution < -0.4 is 4.74 Å². The highest BCUT2D eigenvalue weighted by molar-refractivity contribution is 6.35. The van der Waals surface area contributed by atoms with E-state index >= 15 is 0 Å². The quantitative estimate of drug-likeness (QED) is 0.751. The van der Waals surface area contributed by atoms with E-state index in [2.05, 4.69) is 4.74 Å². The molecule has 3 nitrogen and oxygen atoms in total. The molecular formula is C10H6Cl2O3. The zero-order valence-corrected chi connectivity index (χ0v) is 8.96. The fourth-order valence-electron chi connectivity index (χ4n) is 1.12. The lowest BCUT2D eigenvalue weighted by atomic mass is 10.3. The van der Waals surface area contributed by atoms with Gasteiger partial charge in [0.25, 0.3) is 0 Å². The van der Waals surface area contributed by atoms with Crippen LogP contribution in [0.15, 0.2) is 30.5 Å². The first-order chi connectivity index (χ1) is 7.16. The minimum Gasteiger partial charge on any atom is -0.473 e. The van der Waals surface area contributed by atoms with Crippen LogP contribution in [0.3, 0.4) is 0 Å². The summed E-state index contributed by atoms with van der Waals surface area (Å²) in [6.45, 7) is 0. The molecule has 0 aromatic heterocycles. The minimum atomic E-state index is -0.733. The SMILES string of the molecule is O=C1OC=CC1Oc1ccc(Cl)cc1Cl. The predicted molar refractivity (Wildman–Crippen MR) is 56.1 cm³/mol. The Bertz CT molecular complexity index is 429. The van der Waals surface area contributed by atoms with Gasteiger partial charge in [0.1, 0.15) is 5.75 Å². The summed E-state index contributed by atoms with van der Waals surface area (Å²) in [6.07, 6.45) is 2.06. The van der Waals surface area contributed by atoms with Crippen molar-refractivity contribution in [2.45, 2.75) is 6.10 Å². The van der Waals surface area contributed by atoms with Crippen LogP contribution >= 0.6 is 23.2 Å². The molecule has 0 fully saturated rings. The molecule has 0 spiro atoms. The van der Waals surface area contributed by atoms with Gasteiger partial charge in [-0.1, -0.05) is 23.2 Å². The summed E-state index contributed by atoms with van der Waals surface area (Å²) in [4.78, 5) is 11.1. The molecule has 1 heterocycles. The van der Waals surface area contributed by atoms with Crippen molar-refractivity contribution >= 4 is 29.2 Å². The third kappa shape index (κ3) is 2.25. The molecule has 0 radical (unpaired) electrons. The van der Waals surface area contributed by atoms with E-state index in [1.54, 1.807) is 18.2 Å². The van der Waals surface area contributed by atoms with Crippen LogP contribution in [0.2, 0.25) is 10.0 Å². The lowest BCUT2D eigenvalue weighted by Crippen LogP contribution is -2.21. The second-order valence-corrected chi connectivity index (χ2v) is 3.72. The number of esters is 1. The van der Waals surface area contributed by atoms with Gasteiger partial charge in [-0.2, -0.15) is 0 Å². The van der Waals surface area contributed by atoms with Gasteiger partial charge in [-0.05, 0) is 18.2 Å². The Morgan fingerprint density at radius 3 is 2.73 bits per heavy atom. The average Bonchev–Trinajstić information content (AvgIpc) is 2.57. The van der Waals surface area contributed by atoms with Gasteiger partial charge in [-0.3, -0.25) is 0 Å². The highest BCUT2D eigenvalue weighted by atomic mass is 35.5. The van der Waals surface area contributed by atoms with E-state index in [-0.39, 0.29) is 0 Å². The molecule has 1 unspecified atom stereocenters. The second kappa shape index (κ2) is 4.13. The van der Waals surface area contributed by atoms with Gasteiger partial charge < -0.3 is 9.47 Å². The third-order valence-electron chi connectivity index (χ3n) is 1.82. The van der Waals surface area contributed by atoms with Crippen molar-refractivity contribution in [2.75, 3.05) is 0 Å². The van der Waals surface area contributed by atoms with E-state index in [1.165, 1.54) is 12.3 Å². The Hall–Kier alpha value is -1.19. The number of rotatable bonds is 2. The van der Waals surface area contributed by atoms with Crippen LogP contribution in [0.4, 0.5) is 0 Å². The fraction of sp³-hybridized carbons (Fsp3) is 0.100. The Morgan fingerprint density at radius 2 is 2.13 bits per heavy atom. The number of halogens is 2. The van der Waals surface area contributed by atoms with Gasteiger partial charge in [0.05, 0.1) is 11.3 Å². The lowest BCUT2D eigenvalue weighted by molar-refractivity contribution is -0.141. The zero-order chi connectivity index (χ0) is 10.8. The van der Waals surface area contributed by atoms with Crippen molar-refractivity contribution in [2.24, 2.45) is 0 Å². The maximum atomic E-state index is 11.1. The van der Waals surface area contributed by atoms with Gasteiger partial charge >= 0.3 is 5.97 Å². The van der Waals surface area contributed by atoms with Crippen molar-refractivity contribution in [1.82, 2.24) is 0 Å². The minimum absolute atomic E-state index is 0.357. The molecule has 1 atom stereocenters. The molecule has 0 amide bonds. The molecular weight excluding hydrogens is 239 g/mol. The van der Waals surface area contributed by atoms with Crippen LogP contribution in [-0.4, -0.2) is 12.1 Å². The summed E-state index contributed by atoms with van der Waals surface area (Å²) in [5, 5.41) is 0.868. The maximum Gasteiger partial charge on any atom is 0.356 e. The number of hydrogen-bond acceptors (Lipinski definition) is 3. The van der Waals surface area contributed by atoms with Gasteiger partial charge in [0.2, 0.25) is 6.10 Å². The normalized spacial score (nSPS) is 19.1. The Labute approximate surface area is 96.2 Å². The van der Waals surface area contributed by atoms with Gasteiger partial charge in [-0.15, -0.1) is 0 Å². The number of benzene rings is 1. The van der Waals surface area contributed by atoms with E-state index < -0.39 is 12.1 Å². The summed E-state index contributed by atoms with van der Waals surface area (Å²) in [7, 11) is 0. The second-order valence-electron chi connectivity index (χ2n) is 2.88. The highest BCUT2D eigenvalue weighted by Gasteiger charge is 2.24. The van der Waals surface area contributed by atoms with Gasteiger partial charge in [-0.25, -0.2) is 4.79 Å². The standard InChI is InChI=1S/C10H6Cl2O3/c11-6-1-2-8(7(12)5-6)15-9-3-4-14-10(9)13/h1-5,9H. The number of carbonyl (C=O) groups excluding carboxylic acids is 1. The number of cyclic esters (lactones) is 1. The number of hydrogen-bond donors (Lipinski definition) is 0. The summed E-state index contributed by atoms with van der Waals surface area (Å²) < 4.78 is 9.91. The van der Waals surface area contributed by atoms with E-state index in [0.717, 1.165) is 0 Å². The van der Waals surface area contributed by atoms with E-state index in [9.17, 15) is 4.79 Å². The maximum absolute atomic E-state index is 11.1. The third-order valence-corrected chi connectivity index (χ3v) is 2.35. The smallest absolute Gasteiger partial charge is 0.356 e. The molecule has 1 aromatic carbocycles. The van der Waals surface area contributed by atoms with Crippen molar-refractivity contribution in [1.29, 1.82) is 0 Å². The Balaban J connectivity index is 2.17. The Kier molecular flexibility index (Phi) is 2.84. The van der Waals surface area contributed by atoms with E-state index in [0.29, 0.717) is 15.8 Å². The number of ether oxygens (including phenoxy) is 2. The number of carbonyl (C=O) groups is 1.